The molecule has 4 heteroatoms. The number of benzene rings is 1. The number of cyclic esters (lactones) is 1. The summed E-state index contributed by atoms with van der Waals surface area (Å²) in [6.07, 6.45) is 5.37. The highest BCUT2D eigenvalue weighted by molar-refractivity contribution is 5.92. The Morgan fingerprint density at radius 2 is 2.11 bits per heavy atom. The molecule has 2 aromatic rings. The molecule has 0 saturated heterocycles. The summed E-state index contributed by atoms with van der Waals surface area (Å²) in [6, 6.07) is 7.52. The third kappa shape index (κ3) is 1.53. The first-order valence-electron chi connectivity index (χ1n) is 5.89. The van der Waals surface area contributed by atoms with E-state index in [0.29, 0.717) is 5.56 Å². The van der Waals surface area contributed by atoms with Crippen LogP contribution >= 0.6 is 0 Å². The van der Waals surface area contributed by atoms with Gasteiger partial charge in [0.05, 0.1) is 17.9 Å². The SMILES string of the molecule is CC1(C)OC(=O)c2ccccc2[C@@H]1n1ccnc1. The van der Waals surface area contributed by atoms with Gasteiger partial charge in [0.1, 0.15) is 5.60 Å². The molecule has 0 amide bonds. The van der Waals surface area contributed by atoms with E-state index in [0.717, 1.165) is 5.56 Å². The van der Waals surface area contributed by atoms with E-state index in [2.05, 4.69) is 4.98 Å². The van der Waals surface area contributed by atoms with Gasteiger partial charge in [-0.2, -0.15) is 0 Å². The molecule has 1 aliphatic rings. The van der Waals surface area contributed by atoms with Crippen molar-refractivity contribution in [3.05, 3.63) is 54.1 Å². The molecule has 1 aliphatic heterocycles. The van der Waals surface area contributed by atoms with Gasteiger partial charge >= 0.3 is 5.97 Å². The highest BCUT2D eigenvalue weighted by Crippen LogP contribution is 2.39. The number of carbonyl (C=O) groups excluding carboxylic acids is 1. The Bertz CT molecular complexity index is 588. The maximum absolute atomic E-state index is 12.0. The van der Waals surface area contributed by atoms with Crippen molar-refractivity contribution in [2.75, 3.05) is 0 Å². The second-order valence-corrected chi connectivity index (χ2v) is 4.99. The lowest BCUT2D eigenvalue weighted by Gasteiger charge is -2.39. The van der Waals surface area contributed by atoms with E-state index in [1.54, 1.807) is 18.6 Å². The van der Waals surface area contributed by atoms with Crippen molar-refractivity contribution in [2.24, 2.45) is 0 Å². The molecule has 92 valence electrons. The topological polar surface area (TPSA) is 44.1 Å². The second-order valence-electron chi connectivity index (χ2n) is 4.99. The van der Waals surface area contributed by atoms with Gasteiger partial charge in [-0.05, 0) is 25.5 Å². The van der Waals surface area contributed by atoms with E-state index in [1.807, 2.05) is 42.8 Å². The fraction of sp³-hybridized carbons (Fsp3) is 0.286. The number of rotatable bonds is 1. The van der Waals surface area contributed by atoms with Gasteiger partial charge in [0.25, 0.3) is 0 Å². The van der Waals surface area contributed by atoms with Crippen LogP contribution in [-0.2, 0) is 4.74 Å². The van der Waals surface area contributed by atoms with Crippen LogP contribution in [-0.4, -0.2) is 21.1 Å². The fourth-order valence-corrected chi connectivity index (χ4v) is 2.59. The average Bonchev–Trinajstić information content (AvgIpc) is 2.81. The minimum absolute atomic E-state index is 0.0473. The fourth-order valence-electron chi connectivity index (χ4n) is 2.59. The summed E-state index contributed by atoms with van der Waals surface area (Å²) >= 11 is 0. The van der Waals surface area contributed by atoms with Gasteiger partial charge in [-0.3, -0.25) is 0 Å². The molecule has 0 unspecified atom stereocenters. The first-order chi connectivity index (χ1) is 8.59. The lowest BCUT2D eigenvalue weighted by atomic mass is 9.86. The minimum atomic E-state index is -0.591. The van der Waals surface area contributed by atoms with Crippen molar-refractivity contribution < 1.29 is 9.53 Å². The molecule has 0 radical (unpaired) electrons. The largest absolute Gasteiger partial charge is 0.453 e. The molecule has 3 rings (SSSR count). The van der Waals surface area contributed by atoms with Crippen molar-refractivity contribution in [3.8, 4) is 0 Å². The van der Waals surface area contributed by atoms with E-state index in [4.69, 9.17) is 4.74 Å². The molecule has 1 aromatic heterocycles. The highest BCUT2D eigenvalue weighted by Gasteiger charge is 2.42. The van der Waals surface area contributed by atoms with Crippen LogP contribution in [0.3, 0.4) is 0 Å². The number of aromatic nitrogens is 2. The number of fused-ring (bicyclic) bond motifs is 1. The molecule has 0 saturated carbocycles. The van der Waals surface area contributed by atoms with Gasteiger partial charge in [0.2, 0.25) is 0 Å². The van der Waals surface area contributed by atoms with Crippen LogP contribution in [0.15, 0.2) is 43.0 Å². The van der Waals surface area contributed by atoms with Crippen LogP contribution in [0.25, 0.3) is 0 Å². The third-order valence-electron chi connectivity index (χ3n) is 3.31. The number of hydrogen-bond donors (Lipinski definition) is 0. The lowest BCUT2D eigenvalue weighted by molar-refractivity contribution is -0.0261. The van der Waals surface area contributed by atoms with E-state index in [-0.39, 0.29) is 12.0 Å². The first-order valence-corrected chi connectivity index (χ1v) is 5.89. The molecule has 0 bridgehead atoms. The van der Waals surface area contributed by atoms with Crippen molar-refractivity contribution in [1.82, 2.24) is 9.55 Å². The van der Waals surface area contributed by atoms with E-state index in [9.17, 15) is 4.79 Å². The Balaban J connectivity index is 2.22. The highest BCUT2D eigenvalue weighted by atomic mass is 16.6. The number of hydrogen-bond acceptors (Lipinski definition) is 3. The second kappa shape index (κ2) is 3.70. The standard InChI is InChI=1S/C14H14N2O2/c1-14(2)12(16-8-7-15-9-16)10-5-3-4-6-11(10)13(17)18-14/h3-9,12H,1-2H3/t12-/m0/s1. The number of esters is 1. The Morgan fingerprint density at radius 1 is 1.33 bits per heavy atom. The van der Waals surface area contributed by atoms with Gasteiger partial charge in [-0.1, -0.05) is 18.2 Å². The summed E-state index contributed by atoms with van der Waals surface area (Å²) in [7, 11) is 0. The molecular weight excluding hydrogens is 228 g/mol. The molecule has 0 spiro atoms. The van der Waals surface area contributed by atoms with Gasteiger partial charge < -0.3 is 9.30 Å². The van der Waals surface area contributed by atoms with Gasteiger partial charge in [0, 0.05) is 12.4 Å². The monoisotopic (exact) mass is 242 g/mol. The zero-order valence-corrected chi connectivity index (χ0v) is 10.3. The summed E-state index contributed by atoms with van der Waals surface area (Å²) in [5, 5.41) is 0. The van der Waals surface area contributed by atoms with Crippen LogP contribution < -0.4 is 0 Å². The summed E-state index contributed by atoms with van der Waals surface area (Å²) in [4.78, 5) is 16.0. The normalized spacial score (nSPS) is 21.2. The van der Waals surface area contributed by atoms with Crippen molar-refractivity contribution in [3.63, 3.8) is 0 Å². The zero-order valence-electron chi connectivity index (χ0n) is 10.3. The predicted molar refractivity (Wildman–Crippen MR) is 66.3 cm³/mol. The third-order valence-corrected chi connectivity index (χ3v) is 3.31. The predicted octanol–water partition coefficient (Wildman–Crippen LogP) is 2.42. The Labute approximate surface area is 105 Å². The van der Waals surface area contributed by atoms with Crippen LogP contribution in [0.2, 0.25) is 0 Å². The van der Waals surface area contributed by atoms with Crippen molar-refractivity contribution in [2.45, 2.75) is 25.5 Å². The zero-order chi connectivity index (χ0) is 12.8. The summed E-state index contributed by atoms with van der Waals surface area (Å²) in [5.41, 5.74) is 1.03. The van der Waals surface area contributed by atoms with Gasteiger partial charge in [0.15, 0.2) is 0 Å². The molecule has 2 heterocycles. The van der Waals surface area contributed by atoms with Crippen LogP contribution in [0.5, 0.6) is 0 Å². The van der Waals surface area contributed by atoms with Crippen molar-refractivity contribution in [1.29, 1.82) is 0 Å². The number of imidazole rings is 1. The number of carbonyl (C=O) groups is 1. The Morgan fingerprint density at radius 3 is 2.83 bits per heavy atom. The first kappa shape index (κ1) is 11.0. The Hall–Kier alpha value is -2.10. The Kier molecular flexibility index (Phi) is 2.26. The maximum Gasteiger partial charge on any atom is 0.339 e. The molecule has 0 aliphatic carbocycles. The summed E-state index contributed by atoms with van der Waals surface area (Å²) in [6.45, 7) is 3.84. The molecule has 18 heavy (non-hydrogen) atoms. The number of nitrogens with zero attached hydrogens (tertiary/aromatic N) is 2. The lowest BCUT2D eigenvalue weighted by Crippen LogP contribution is -2.43. The van der Waals surface area contributed by atoms with Crippen LogP contribution in [0.4, 0.5) is 0 Å². The number of ether oxygens (including phenoxy) is 1. The maximum atomic E-state index is 12.0. The van der Waals surface area contributed by atoms with Crippen LogP contribution in [0, 0.1) is 0 Å². The molecule has 1 atom stereocenters. The molecule has 4 nitrogen and oxygen atoms in total. The summed E-state index contributed by atoms with van der Waals surface area (Å²) < 4.78 is 7.53. The van der Waals surface area contributed by atoms with E-state index >= 15 is 0 Å². The minimum Gasteiger partial charge on any atom is -0.453 e. The quantitative estimate of drug-likeness (QED) is 0.721. The summed E-state index contributed by atoms with van der Waals surface area (Å²) in [5.74, 6) is -0.257. The molecule has 0 N–H and O–H groups in total. The molecular formula is C14H14N2O2. The molecule has 1 aromatic carbocycles. The van der Waals surface area contributed by atoms with E-state index in [1.165, 1.54) is 0 Å². The smallest absolute Gasteiger partial charge is 0.339 e. The molecule has 0 fully saturated rings. The van der Waals surface area contributed by atoms with Crippen molar-refractivity contribution >= 4 is 5.97 Å². The van der Waals surface area contributed by atoms with Gasteiger partial charge in [-0.15, -0.1) is 0 Å². The van der Waals surface area contributed by atoms with Crippen LogP contribution in [0.1, 0.15) is 35.8 Å². The van der Waals surface area contributed by atoms with Gasteiger partial charge in [-0.25, -0.2) is 9.78 Å². The average molecular weight is 242 g/mol. The van der Waals surface area contributed by atoms with E-state index < -0.39 is 5.60 Å².